The molecule has 1 N–H and O–H groups in total. The highest BCUT2D eigenvalue weighted by Crippen LogP contribution is 2.27. The molecule has 0 saturated carbocycles. The molecule has 1 fully saturated rings. The first kappa shape index (κ1) is 12.7. The van der Waals surface area contributed by atoms with Crippen molar-refractivity contribution in [2.75, 3.05) is 19.8 Å². The van der Waals surface area contributed by atoms with E-state index in [1.54, 1.807) is 0 Å². The van der Waals surface area contributed by atoms with Crippen LogP contribution >= 0.6 is 0 Å². The van der Waals surface area contributed by atoms with Gasteiger partial charge in [0.15, 0.2) is 0 Å². The molecule has 3 nitrogen and oxygen atoms in total. The zero-order valence-corrected chi connectivity index (χ0v) is 11.4. The van der Waals surface area contributed by atoms with Crippen LogP contribution in [0.3, 0.4) is 0 Å². The highest BCUT2D eigenvalue weighted by atomic mass is 16.5. The minimum atomic E-state index is 0.138. The van der Waals surface area contributed by atoms with Gasteiger partial charge in [0.25, 0.3) is 0 Å². The summed E-state index contributed by atoms with van der Waals surface area (Å²) in [4.78, 5) is 12.2. The van der Waals surface area contributed by atoms with Crippen LogP contribution in [-0.4, -0.2) is 25.7 Å². The molecule has 19 heavy (non-hydrogen) atoms. The minimum absolute atomic E-state index is 0.138. The summed E-state index contributed by atoms with van der Waals surface area (Å²) < 4.78 is 5.21. The Kier molecular flexibility index (Phi) is 3.31. The molecule has 1 atom stereocenters. The molecule has 1 heterocycles. The van der Waals surface area contributed by atoms with E-state index in [2.05, 4.69) is 36.5 Å². The van der Waals surface area contributed by atoms with Gasteiger partial charge < -0.3 is 10.1 Å². The Balaban J connectivity index is 1.57. The lowest BCUT2D eigenvalue weighted by Gasteiger charge is -2.38. The van der Waals surface area contributed by atoms with E-state index in [4.69, 9.17) is 4.74 Å². The maximum Gasteiger partial charge on any atom is 0.223 e. The Labute approximate surface area is 114 Å². The van der Waals surface area contributed by atoms with Gasteiger partial charge in [-0.15, -0.1) is 0 Å². The van der Waals surface area contributed by atoms with Crippen molar-refractivity contribution in [3.8, 4) is 0 Å². The highest BCUT2D eigenvalue weighted by molar-refractivity contribution is 5.79. The van der Waals surface area contributed by atoms with Crippen molar-refractivity contribution in [3.05, 3.63) is 35.4 Å². The second kappa shape index (κ2) is 4.97. The van der Waals surface area contributed by atoms with Crippen LogP contribution in [0.4, 0.5) is 0 Å². The smallest absolute Gasteiger partial charge is 0.223 e. The third kappa shape index (κ3) is 2.66. The Morgan fingerprint density at radius 1 is 1.37 bits per heavy atom. The third-order valence-corrected chi connectivity index (χ3v) is 4.31. The zero-order chi connectivity index (χ0) is 13.3. The van der Waals surface area contributed by atoms with Crippen LogP contribution in [0.5, 0.6) is 0 Å². The number of aryl methyl sites for hydroxylation is 1. The number of carbonyl (C=O) groups is 1. The van der Waals surface area contributed by atoms with E-state index >= 15 is 0 Å². The van der Waals surface area contributed by atoms with Crippen LogP contribution in [-0.2, 0) is 22.4 Å². The van der Waals surface area contributed by atoms with Crippen LogP contribution in [0.25, 0.3) is 0 Å². The molecule has 2 aliphatic rings. The van der Waals surface area contributed by atoms with Gasteiger partial charge in [-0.3, -0.25) is 4.79 Å². The van der Waals surface area contributed by atoms with Crippen LogP contribution in [0.15, 0.2) is 24.3 Å². The second-order valence-electron chi connectivity index (χ2n) is 6.23. The predicted octanol–water partition coefficient (Wildman–Crippen LogP) is 1.94. The van der Waals surface area contributed by atoms with Gasteiger partial charge >= 0.3 is 0 Å². The van der Waals surface area contributed by atoms with Crippen molar-refractivity contribution >= 4 is 5.91 Å². The van der Waals surface area contributed by atoms with E-state index in [1.165, 1.54) is 11.1 Å². The number of benzene rings is 1. The van der Waals surface area contributed by atoms with E-state index in [0.29, 0.717) is 0 Å². The first-order valence-electron chi connectivity index (χ1n) is 7.09. The summed E-state index contributed by atoms with van der Waals surface area (Å²) in [5, 5.41) is 3.11. The minimum Gasteiger partial charge on any atom is -0.380 e. The summed E-state index contributed by atoms with van der Waals surface area (Å²) in [5.41, 5.74) is 2.90. The Bertz CT molecular complexity index is 479. The molecular weight excluding hydrogens is 238 g/mol. The maximum absolute atomic E-state index is 12.2. The number of rotatable bonds is 3. The molecule has 102 valence electrons. The molecule has 1 aliphatic heterocycles. The lowest BCUT2D eigenvalue weighted by atomic mass is 9.83. The molecular formula is C16H21NO2. The Morgan fingerprint density at radius 2 is 2.11 bits per heavy atom. The number of nitrogens with one attached hydrogen (secondary N) is 1. The van der Waals surface area contributed by atoms with Crippen molar-refractivity contribution in [2.24, 2.45) is 11.3 Å². The number of amides is 1. The van der Waals surface area contributed by atoms with Crippen molar-refractivity contribution in [3.63, 3.8) is 0 Å². The average Bonchev–Trinajstić information content (AvgIpc) is 2.42. The van der Waals surface area contributed by atoms with E-state index in [0.717, 1.165) is 39.0 Å². The molecule has 0 spiro atoms. The van der Waals surface area contributed by atoms with Crippen molar-refractivity contribution in [2.45, 2.75) is 26.2 Å². The fourth-order valence-electron chi connectivity index (χ4n) is 2.92. The van der Waals surface area contributed by atoms with Crippen molar-refractivity contribution in [1.82, 2.24) is 5.32 Å². The number of hydrogen-bond donors (Lipinski definition) is 1. The van der Waals surface area contributed by atoms with Crippen molar-refractivity contribution < 1.29 is 9.53 Å². The largest absolute Gasteiger partial charge is 0.380 e. The van der Waals surface area contributed by atoms with Gasteiger partial charge in [0.2, 0.25) is 5.91 Å². The molecule has 0 unspecified atom stereocenters. The van der Waals surface area contributed by atoms with E-state index in [1.807, 2.05) is 0 Å². The lowest BCUT2D eigenvalue weighted by Crippen LogP contribution is -2.49. The van der Waals surface area contributed by atoms with Crippen molar-refractivity contribution in [1.29, 1.82) is 0 Å². The van der Waals surface area contributed by atoms with Gasteiger partial charge in [-0.2, -0.15) is 0 Å². The summed E-state index contributed by atoms with van der Waals surface area (Å²) in [6, 6.07) is 8.47. The van der Waals surface area contributed by atoms with Crippen LogP contribution in [0.1, 0.15) is 24.5 Å². The van der Waals surface area contributed by atoms with Gasteiger partial charge in [0.05, 0.1) is 13.2 Å². The topological polar surface area (TPSA) is 38.3 Å². The van der Waals surface area contributed by atoms with Crippen LogP contribution < -0.4 is 5.32 Å². The molecule has 1 saturated heterocycles. The van der Waals surface area contributed by atoms with Crippen LogP contribution in [0, 0.1) is 11.3 Å². The van der Waals surface area contributed by atoms with Gasteiger partial charge in [-0.1, -0.05) is 31.2 Å². The third-order valence-electron chi connectivity index (χ3n) is 4.31. The molecule has 0 bridgehead atoms. The Morgan fingerprint density at radius 3 is 2.79 bits per heavy atom. The van der Waals surface area contributed by atoms with Gasteiger partial charge in [0, 0.05) is 17.9 Å². The standard InChI is InChI=1S/C16H21NO2/c1-16(10-19-11-16)9-17-15(18)14-7-6-12-4-2-3-5-13(12)8-14/h2-5,14H,6-11H2,1H3,(H,17,18)/t14-/m0/s1. The first-order valence-corrected chi connectivity index (χ1v) is 7.09. The number of ether oxygens (including phenoxy) is 1. The summed E-state index contributed by atoms with van der Waals surface area (Å²) in [7, 11) is 0. The summed E-state index contributed by atoms with van der Waals surface area (Å²) in [5.74, 6) is 0.349. The monoisotopic (exact) mass is 259 g/mol. The van der Waals surface area contributed by atoms with Crippen LogP contribution in [0.2, 0.25) is 0 Å². The first-order chi connectivity index (χ1) is 9.16. The molecule has 0 radical (unpaired) electrons. The quantitative estimate of drug-likeness (QED) is 0.901. The molecule has 3 heteroatoms. The second-order valence-corrected chi connectivity index (χ2v) is 6.23. The lowest BCUT2D eigenvalue weighted by molar-refractivity contribution is -0.130. The van der Waals surface area contributed by atoms with Gasteiger partial charge in [-0.05, 0) is 30.4 Å². The van der Waals surface area contributed by atoms with E-state index in [-0.39, 0.29) is 17.2 Å². The maximum atomic E-state index is 12.2. The zero-order valence-electron chi connectivity index (χ0n) is 11.4. The SMILES string of the molecule is CC1(CNC(=O)[C@H]2CCc3ccccc3C2)COC1. The fraction of sp³-hybridized carbons (Fsp3) is 0.562. The average molecular weight is 259 g/mol. The Hall–Kier alpha value is -1.35. The summed E-state index contributed by atoms with van der Waals surface area (Å²) >= 11 is 0. The highest BCUT2D eigenvalue weighted by Gasteiger charge is 2.34. The van der Waals surface area contributed by atoms with Gasteiger partial charge in [0.1, 0.15) is 0 Å². The molecule has 1 amide bonds. The molecule has 3 rings (SSSR count). The van der Waals surface area contributed by atoms with Gasteiger partial charge in [-0.25, -0.2) is 0 Å². The number of hydrogen-bond acceptors (Lipinski definition) is 2. The van der Waals surface area contributed by atoms with E-state index < -0.39 is 0 Å². The number of fused-ring (bicyclic) bond motifs is 1. The molecule has 1 aliphatic carbocycles. The summed E-state index contributed by atoms with van der Waals surface area (Å²) in [6.45, 7) is 4.43. The van der Waals surface area contributed by atoms with E-state index in [9.17, 15) is 4.79 Å². The normalized spacial score (nSPS) is 24.2. The molecule has 1 aromatic carbocycles. The number of carbonyl (C=O) groups excluding carboxylic acids is 1. The fourth-order valence-corrected chi connectivity index (χ4v) is 2.92. The molecule has 1 aromatic rings. The summed E-state index contributed by atoms with van der Waals surface area (Å²) in [6.07, 6.45) is 2.87. The molecule has 0 aromatic heterocycles. The predicted molar refractivity (Wildman–Crippen MR) is 73.9 cm³/mol.